The van der Waals surface area contributed by atoms with E-state index in [1.807, 2.05) is 6.20 Å². The molecule has 0 spiro atoms. The maximum Gasteiger partial charge on any atom is 0.0943 e. The number of nitrogens with two attached hydrogens (primary N) is 1. The number of benzene rings is 1. The summed E-state index contributed by atoms with van der Waals surface area (Å²) >= 11 is 1.77. The lowest BCUT2D eigenvalue weighted by molar-refractivity contribution is 0.686. The molecule has 1 aromatic heterocycles. The van der Waals surface area contributed by atoms with Crippen LogP contribution in [0.25, 0.3) is 10.4 Å². The van der Waals surface area contributed by atoms with Crippen LogP contribution in [0.15, 0.2) is 24.4 Å². The van der Waals surface area contributed by atoms with Gasteiger partial charge in [-0.15, -0.1) is 11.3 Å². The van der Waals surface area contributed by atoms with E-state index in [-0.39, 0.29) is 0 Å². The number of aromatic nitrogens is 1. The van der Waals surface area contributed by atoms with Gasteiger partial charge in [0.1, 0.15) is 0 Å². The largest absolute Gasteiger partial charge is 0.330 e. The van der Waals surface area contributed by atoms with Gasteiger partial charge in [-0.1, -0.05) is 18.2 Å². The molecule has 2 N–H and O–H groups in total. The van der Waals surface area contributed by atoms with Gasteiger partial charge in [-0.2, -0.15) is 0 Å². The molecule has 3 rings (SSSR count). The van der Waals surface area contributed by atoms with E-state index in [1.54, 1.807) is 11.3 Å². The summed E-state index contributed by atoms with van der Waals surface area (Å²) < 4.78 is 0. The Morgan fingerprint density at radius 1 is 1.17 bits per heavy atom. The van der Waals surface area contributed by atoms with E-state index in [4.69, 9.17) is 5.73 Å². The van der Waals surface area contributed by atoms with E-state index in [0.29, 0.717) is 6.54 Å². The Bertz CT molecular complexity index is 545. The lowest BCUT2D eigenvalue weighted by atomic mass is 9.90. The normalized spacial score (nSPS) is 14.5. The number of hydrogen-bond acceptors (Lipinski definition) is 3. The average Bonchev–Trinajstić information content (AvgIpc) is 2.87. The molecule has 0 saturated heterocycles. The second-order valence-electron chi connectivity index (χ2n) is 4.85. The summed E-state index contributed by atoms with van der Waals surface area (Å²) in [5.41, 5.74) is 9.96. The van der Waals surface area contributed by atoms with E-state index in [0.717, 1.165) is 11.4 Å². The van der Waals surface area contributed by atoms with Gasteiger partial charge in [-0.25, -0.2) is 4.98 Å². The molecule has 0 bridgehead atoms. The summed E-state index contributed by atoms with van der Waals surface area (Å²) in [7, 11) is 0. The van der Waals surface area contributed by atoms with Crippen LogP contribution in [0.2, 0.25) is 0 Å². The van der Waals surface area contributed by atoms with Crippen molar-refractivity contribution in [3.05, 3.63) is 40.5 Å². The maximum absolute atomic E-state index is 5.57. The van der Waals surface area contributed by atoms with E-state index in [1.165, 1.54) is 47.3 Å². The SMILES string of the molecule is NCCc1ncc(-c2ccc3c(c2)CCCC3)s1. The fraction of sp³-hybridized carbons (Fsp3) is 0.400. The molecule has 0 unspecified atom stereocenters. The number of fused-ring (bicyclic) bond motifs is 1. The zero-order valence-electron chi connectivity index (χ0n) is 10.5. The van der Waals surface area contributed by atoms with Gasteiger partial charge < -0.3 is 5.73 Å². The highest BCUT2D eigenvalue weighted by Crippen LogP contribution is 2.30. The van der Waals surface area contributed by atoms with Crippen LogP contribution < -0.4 is 5.73 Å². The quantitative estimate of drug-likeness (QED) is 0.918. The second kappa shape index (κ2) is 5.21. The first-order valence-electron chi connectivity index (χ1n) is 6.64. The van der Waals surface area contributed by atoms with Crippen molar-refractivity contribution >= 4 is 11.3 Å². The maximum atomic E-state index is 5.57. The first-order chi connectivity index (χ1) is 8.86. The molecular formula is C15H18N2S. The Balaban J connectivity index is 1.91. The number of thiazole rings is 1. The summed E-state index contributed by atoms with van der Waals surface area (Å²) in [5.74, 6) is 0. The van der Waals surface area contributed by atoms with Gasteiger partial charge in [0.25, 0.3) is 0 Å². The van der Waals surface area contributed by atoms with Gasteiger partial charge in [0.15, 0.2) is 0 Å². The van der Waals surface area contributed by atoms with Gasteiger partial charge in [0, 0.05) is 12.6 Å². The number of rotatable bonds is 3. The Morgan fingerprint density at radius 3 is 2.83 bits per heavy atom. The van der Waals surface area contributed by atoms with Crippen LogP contribution in [0.1, 0.15) is 29.0 Å². The van der Waals surface area contributed by atoms with E-state index < -0.39 is 0 Å². The van der Waals surface area contributed by atoms with Crippen LogP contribution >= 0.6 is 11.3 Å². The van der Waals surface area contributed by atoms with Gasteiger partial charge in [-0.3, -0.25) is 0 Å². The van der Waals surface area contributed by atoms with Crippen molar-refractivity contribution in [1.82, 2.24) is 4.98 Å². The zero-order valence-corrected chi connectivity index (χ0v) is 11.3. The molecule has 1 aliphatic rings. The minimum atomic E-state index is 0.678. The van der Waals surface area contributed by atoms with Crippen LogP contribution in [-0.4, -0.2) is 11.5 Å². The van der Waals surface area contributed by atoms with Crippen LogP contribution in [0.5, 0.6) is 0 Å². The Hall–Kier alpha value is -1.19. The van der Waals surface area contributed by atoms with Crippen LogP contribution in [0.4, 0.5) is 0 Å². The van der Waals surface area contributed by atoms with Crippen molar-refractivity contribution in [3.8, 4) is 10.4 Å². The molecule has 94 valence electrons. The molecule has 0 atom stereocenters. The Labute approximate surface area is 112 Å². The fourth-order valence-electron chi connectivity index (χ4n) is 2.57. The lowest BCUT2D eigenvalue weighted by Gasteiger charge is -2.16. The molecule has 2 aromatic rings. The van der Waals surface area contributed by atoms with Gasteiger partial charge in [0.2, 0.25) is 0 Å². The summed E-state index contributed by atoms with van der Waals surface area (Å²) in [6, 6.07) is 6.89. The third kappa shape index (κ3) is 2.33. The highest BCUT2D eigenvalue weighted by molar-refractivity contribution is 7.15. The predicted molar refractivity (Wildman–Crippen MR) is 77.0 cm³/mol. The molecule has 1 aromatic carbocycles. The molecule has 0 aliphatic heterocycles. The van der Waals surface area contributed by atoms with Crippen molar-refractivity contribution in [2.75, 3.05) is 6.54 Å². The molecule has 0 fully saturated rings. The molecule has 0 radical (unpaired) electrons. The summed E-state index contributed by atoms with van der Waals surface area (Å²) in [4.78, 5) is 5.70. The number of aryl methyl sites for hydroxylation is 2. The molecule has 3 heteroatoms. The fourth-order valence-corrected chi connectivity index (χ4v) is 3.50. The Kier molecular flexibility index (Phi) is 3.43. The topological polar surface area (TPSA) is 38.9 Å². The van der Waals surface area contributed by atoms with Crippen molar-refractivity contribution in [2.24, 2.45) is 5.73 Å². The minimum Gasteiger partial charge on any atom is -0.330 e. The number of hydrogen-bond donors (Lipinski definition) is 1. The van der Waals surface area contributed by atoms with E-state index >= 15 is 0 Å². The van der Waals surface area contributed by atoms with E-state index in [2.05, 4.69) is 23.2 Å². The molecule has 0 saturated carbocycles. The zero-order chi connectivity index (χ0) is 12.4. The molecule has 18 heavy (non-hydrogen) atoms. The third-order valence-electron chi connectivity index (χ3n) is 3.54. The van der Waals surface area contributed by atoms with Crippen molar-refractivity contribution in [2.45, 2.75) is 32.1 Å². The third-order valence-corrected chi connectivity index (χ3v) is 4.65. The molecule has 0 amide bonds. The highest BCUT2D eigenvalue weighted by atomic mass is 32.1. The molecular weight excluding hydrogens is 240 g/mol. The van der Waals surface area contributed by atoms with Crippen LogP contribution in [-0.2, 0) is 19.3 Å². The second-order valence-corrected chi connectivity index (χ2v) is 5.96. The molecule has 2 nitrogen and oxygen atoms in total. The van der Waals surface area contributed by atoms with Gasteiger partial charge in [0.05, 0.1) is 9.88 Å². The molecule has 1 aliphatic carbocycles. The lowest BCUT2D eigenvalue weighted by Crippen LogP contribution is -2.02. The van der Waals surface area contributed by atoms with Crippen molar-refractivity contribution in [1.29, 1.82) is 0 Å². The van der Waals surface area contributed by atoms with Gasteiger partial charge >= 0.3 is 0 Å². The van der Waals surface area contributed by atoms with Crippen LogP contribution in [0, 0.1) is 0 Å². The number of nitrogens with zero attached hydrogens (tertiary/aromatic N) is 1. The van der Waals surface area contributed by atoms with Crippen molar-refractivity contribution in [3.63, 3.8) is 0 Å². The van der Waals surface area contributed by atoms with Crippen LogP contribution in [0.3, 0.4) is 0 Å². The Morgan fingerprint density at radius 2 is 2.00 bits per heavy atom. The van der Waals surface area contributed by atoms with E-state index in [9.17, 15) is 0 Å². The minimum absolute atomic E-state index is 0.678. The monoisotopic (exact) mass is 258 g/mol. The highest BCUT2D eigenvalue weighted by Gasteiger charge is 2.11. The summed E-state index contributed by atoms with van der Waals surface area (Å²) in [6.45, 7) is 0.678. The standard InChI is InChI=1S/C15H18N2S/c16-8-7-15-17-10-14(18-15)13-6-5-11-3-1-2-4-12(11)9-13/h5-6,9-10H,1-4,7-8,16H2. The summed E-state index contributed by atoms with van der Waals surface area (Å²) in [5, 5.41) is 1.14. The predicted octanol–water partition coefficient (Wildman–Crippen LogP) is 3.19. The summed E-state index contributed by atoms with van der Waals surface area (Å²) in [6.07, 6.45) is 8.02. The first-order valence-corrected chi connectivity index (χ1v) is 7.45. The average molecular weight is 258 g/mol. The molecule has 1 heterocycles. The first kappa shape index (κ1) is 11.9. The van der Waals surface area contributed by atoms with Crippen molar-refractivity contribution < 1.29 is 0 Å². The van der Waals surface area contributed by atoms with Gasteiger partial charge in [-0.05, 0) is 48.9 Å². The smallest absolute Gasteiger partial charge is 0.0943 e.